The van der Waals surface area contributed by atoms with Gasteiger partial charge in [-0.3, -0.25) is 4.79 Å². The van der Waals surface area contributed by atoms with Crippen molar-refractivity contribution in [3.8, 4) is 0 Å². The lowest BCUT2D eigenvalue weighted by atomic mass is 10.1. The first-order chi connectivity index (χ1) is 9.52. The van der Waals surface area contributed by atoms with Crippen molar-refractivity contribution in [2.45, 2.75) is 45.1 Å². The number of aryl methyl sites for hydroxylation is 2. The van der Waals surface area contributed by atoms with Crippen LogP contribution in [0.1, 0.15) is 36.4 Å². The fourth-order valence-electron chi connectivity index (χ4n) is 1.76. The van der Waals surface area contributed by atoms with Crippen LogP contribution < -0.4 is 5.32 Å². The lowest BCUT2D eigenvalue weighted by Gasteiger charge is -2.13. The molecule has 0 spiro atoms. The highest BCUT2D eigenvalue weighted by Crippen LogP contribution is 2.10. The van der Waals surface area contributed by atoms with E-state index in [1.54, 1.807) is 17.4 Å². The standard InChI is InChI=1S/C14H20N2O3S/c1-3-4-7-12(14(18)19)16-13(17)8-5-6-11-9-20-10(2)15-11/h3,9,12H,1,4-8H2,2H3,(H,16,17)(H,18,19). The zero-order valence-electron chi connectivity index (χ0n) is 11.6. The Hall–Kier alpha value is -1.69. The number of amides is 1. The van der Waals surface area contributed by atoms with E-state index in [2.05, 4.69) is 16.9 Å². The van der Waals surface area contributed by atoms with Gasteiger partial charge >= 0.3 is 5.97 Å². The van der Waals surface area contributed by atoms with Crippen LogP contribution in [0.25, 0.3) is 0 Å². The summed E-state index contributed by atoms with van der Waals surface area (Å²) < 4.78 is 0. The Morgan fingerprint density at radius 1 is 1.60 bits per heavy atom. The fourth-order valence-corrected chi connectivity index (χ4v) is 2.41. The van der Waals surface area contributed by atoms with Gasteiger partial charge in [0.15, 0.2) is 0 Å². The van der Waals surface area contributed by atoms with E-state index in [9.17, 15) is 9.59 Å². The number of carboxylic acids is 1. The predicted octanol–water partition coefficient (Wildman–Crippen LogP) is 2.31. The molecule has 110 valence electrons. The number of hydrogen-bond acceptors (Lipinski definition) is 4. The number of nitrogens with zero attached hydrogens (tertiary/aromatic N) is 1. The average Bonchev–Trinajstić information content (AvgIpc) is 2.80. The molecule has 1 aromatic heterocycles. The molecule has 0 aliphatic rings. The van der Waals surface area contributed by atoms with Crippen LogP contribution in [0.4, 0.5) is 0 Å². The highest BCUT2D eigenvalue weighted by molar-refractivity contribution is 7.09. The molecule has 6 heteroatoms. The smallest absolute Gasteiger partial charge is 0.326 e. The summed E-state index contributed by atoms with van der Waals surface area (Å²) in [4.78, 5) is 27.0. The lowest BCUT2D eigenvalue weighted by molar-refractivity contribution is -0.142. The number of carbonyl (C=O) groups excluding carboxylic acids is 1. The third-order valence-corrected chi connectivity index (χ3v) is 3.62. The molecule has 1 unspecified atom stereocenters. The van der Waals surface area contributed by atoms with Crippen LogP contribution in [0.2, 0.25) is 0 Å². The second-order valence-corrected chi connectivity index (χ2v) is 5.60. The van der Waals surface area contributed by atoms with Crippen molar-refractivity contribution in [3.05, 3.63) is 28.7 Å². The molecule has 0 bridgehead atoms. The zero-order chi connectivity index (χ0) is 15.0. The molecule has 1 aromatic rings. The second kappa shape index (κ2) is 8.47. The molecule has 0 aliphatic heterocycles. The minimum atomic E-state index is -1.00. The summed E-state index contributed by atoms with van der Waals surface area (Å²) in [6.07, 6.45) is 4.30. The minimum Gasteiger partial charge on any atom is -0.480 e. The van der Waals surface area contributed by atoms with E-state index in [0.717, 1.165) is 17.1 Å². The van der Waals surface area contributed by atoms with Crippen LogP contribution in [0.3, 0.4) is 0 Å². The van der Waals surface area contributed by atoms with E-state index in [0.29, 0.717) is 25.7 Å². The molecule has 0 saturated heterocycles. The summed E-state index contributed by atoms with van der Waals surface area (Å²) in [6.45, 7) is 5.49. The Bertz CT molecular complexity index is 471. The number of hydrogen-bond donors (Lipinski definition) is 2. The van der Waals surface area contributed by atoms with Gasteiger partial charge in [0.1, 0.15) is 6.04 Å². The van der Waals surface area contributed by atoms with Crippen LogP contribution in [0.15, 0.2) is 18.0 Å². The van der Waals surface area contributed by atoms with Crippen LogP contribution in [-0.4, -0.2) is 28.0 Å². The third-order valence-electron chi connectivity index (χ3n) is 2.80. The van der Waals surface area contributed by atoms with E-state index < -0.39 is 12.0 Å². The van der Waals surface area contributed by atoms with Gasteiger partial charge in [0.05, 0.1) is 10.7 Å². The molecular formula is C14H20N2O3S. The van der Waals surface area contributed by atoms with E-state index in [4.69, 9.17) is 5.11 Å². The maximum absolute atomic E-state index is 11.7. The molecule has 1 rings (SSSR count). The number of rotatable bonds is 9. The first kappa shape index (κ1) is 16.4. The van der Waals surface area contributed by atoms with Crippen LogP contribution in [-0.2, 0) is 16.0 Å². The van der Waals surface area contributed by atoms with E-state index in [1.807, 2.05) is 12.3 Å². The van der Waals surface area contributed by atoms with Gasteiger partial charge in [-0.2, -0.15) is 0 Å². The highest BCUT2D eigenvalue weighted by Gasteiger charge is 2.18. The summed E-state index contributed by atoms with van der Waals surface area (Å²) in [7, 11) is 0. The number of carboxylic acid groups (broad SMARTS) is 1. The van der Waals surface area contributed by atoms with Crippen LogP contribution in [0, 0.1) is 6.92 Å². The third kappa shape index (κ3) is 5.97. The second-order valence-electron chi connectivity index (χ2n) is 4.54. The van der Waals surface area contributed by atoms with Gasteiger partial charge in [0.2, 0.25) is 5.91 Å². The molecular weight excluding hydrogens is 276 g/mol. The molecule has 0 saturated carbocycles. The maximum Gasteiger partial charge on any atom is 0.326 e. The Balaban J connectivity index is 2.30. The molecule has 0 aromatic carbocycles. The number of nitrogens with one attached hydrogen (secondary N) is 1. The molecule has 1 atom stereocenters. The van der Waals surface area contributed by atoms with Gasteiger partial charge in [0, 0.05) is 11.8 Å². The van der Waals surface area contributed by atoms with Gasteiger partial charge in [-0.25, -0.2) is 9.78 Å². The van der Waals surface area contributed by atoms with Crippen molar-refractivity contribution in [1.82, 2.24) is 10.3 Å². The monoisotopic (exact) mass is 296 g/mol. The SMILES string of the molecule is C=CCCC(NC(=O)CCCc1csc(C)n1)C(=O)O. The van der Waals surface area contributed by atoms with Crippen molar-refractivity contribution in [1.29, 1.82) is 0 Å². The molecule has 1 heterocycles. The van der Waals surface area contributed by atoms with E-state index in [1.165, 1.54) is 0 Å². The number of carbonyl (C=O) groups is 2. The summed E-state index contributed by atoms with van der Waals surface area (Å²) in [5, 5.41) is 14.5. The highest BCUT2D eigenvalue weighted by atomic mass is 32.1. The van der Waals surface area contributed by atoms with Crippen molar-refractivity contribution in [2.75, 3.05) is 0 Å². The summed E-state index contributed by atoms with van der Waals surface area (Å²) in [6, 6.07) is -0.831. The van der Waals surface area contributed by atoms with Crippen LogP contribution >= 0.6 is 11.3 Å². The van der Waals surface area contributed by atoms with Gasteiger partial charge < -0.3 is 10.4 Å². The number of allylic oxidation sites excluding steroid dienone is 1. The molecule has 5 nitrogen and oxygen atoms in total. The van der Waals surface area contributed by atoms with Gasteiger partial charge in [-0.15, -0.1) is 17.9 Å². The molecule has 2 N–H and O–H groups in total. The lowest BCUT2D eigenvalue weighted by Crippen LogP contribution is -2.40. The summed E-state index contributed by atoms with van der Waals surface area (Å²) >= 11 is 1.59. The van der Waals surface area contributed by atoms with E-state index >= 15 is 0 Å². The molecule has 20 heavy (non-hydrogen) atoms. The van der Waals surface area contributed by atoms with Crippen molar-refractivity contribution in [2.24, 2.45) is 0 Å². The minimum absolute atomic E-state index is 0.228. The normalized spacial score (nSPS) is 11.8. The van der Waals surface area contributed by atoms with Crippen molar-refractivity contribution in [3.63, 3.8) is 0 Å². The zero-order valence-corrected chi connectivity index (χ0v) is 12.4. The first-order valence-electron chi connectivity index (χ1n) is 6.57. The topological polar surface area (TPSA) is 79.3 Å². The average molecular weight is 296 g/mol. The Labute approximate surface area is 122 Å². The van der Waals surface area contributed by atoms with Gasteiger partial charge in [-0.1, -0.05) is 6.08 Å². The number of thiazole rings is 1. The van der Waals surface area contributed by atoms with Gasteiger partial charge in [-0.05, 0) is 32.6 Å². The van der Waals surface area contributed by atoms with E-state index in [-0.39, 0.29) is 5.91 Å². The van der Waals surface area contributed by atoms with Gasteiger partial charge in [0.25, 0.3) is 0 Å². The Morgan fingerprint density at radius 2 is 2.35 bits per heavy atom. The Morgan fingerprint density at radius 3 is 2.90 bits per heavy atom. The molecule has 0 aliphatic carbocycles. The maximum atomic E-state index is 11.7. The number of aromatic nitrogens is 1. The Kier molecular flexibility index (Phi) is 6.93. The van der Waals surface area contributed by atoms with Crippen molar-refractivity contribution >= 4 is 23.2 Å². The predicted molar refractivity (Wildman–Crippen MR) is 78.8 cm³/mol. The molecule has 0 fully saturated rings. The van der Waals surface area contributed by atoms with Crippen molar-refractivity contribution < 1.29 is 14.7 Å². The number of aliphatic carboxylic acids is 1. The molecule has 0 radical (unpaired) electrons. The summed E-state index contributed by atoms with van der Waals surface area (Å²) in [5.41, 5.74) is 0.988. The summed E-state index contributed by atoms with van der Waals surface area (Å²) in [5.74, 6) is -1.23. The fraction of sp³-hybridized carbons (Fsp3) is 0.500. The van der Waals surface area contributed by atoms with Crippen LogP contribution in [0.5, 0.6) is 0 Å². The first-order valence-corrected chi connectivity index (χ1v) is 7.45. The molecule has 1 amide bonds. The largest absolute Gasteiger partial charge is 0.480 e. The quantitative estimate of drug-likeness (QED) is 0.685.